The Labute approximate surface area is 258 Å². The van der Waals surface area contributed by atoms with Crippen LogP contribution in [-0.4, -0.2) is 51.9 Å². The summed E-state index contributed by atoms with van der Waals surface area (Å²) >= 11 is 0. The number of nitrogens with two attached hydrogens (primary N) is 1. The second-order valence-corrected chi connectivity index (χ2v) is 12.9. The third-order valence-electron chi connectivity index (χ3n) is 7.93. The molecule has 0 radical (unpaired) electrons. The van der Waals surface area contributed by atoms with Crippen LogP contribution in [0.2, 0.25) is 0 Å². The molecular formula is C32H36F3N5O5. The minimum absolute atomic E-state index is 0.0639. The normalized spacial score (nSPS) is 21.0. The fourth-order valence-corrected chi connectivity index (χ4v) is 5.89. The third kappa shape index (κ3) is 7.04. The van der Waals surface area contributed by atoms with Gasteiger partial charge in [-0.1, -0.05) is 6.92 Å². The first kappa shape index (κ1) is 32.2. The van der Waals surface area contributed by atoms with Crippen molar-refractivity contribution in [1.82, 2.24) is 15.3 Å². The lowest BCUT2D eigenvalue weighted by atomic mass is 9.76. The van der Waals surface area contributed by atoms with Crippen molar-refractivity contribution in [2.75, 3.05) is 24.3 Å². The maximum absolute atomic E-state index is 15.2. The molecule has 2 aromatic heterocycles. The van der Waals surface area contributed by atoms with Gasteiger partial charge in [-0.3, -0.25) is 9.78 Å². The van der Waals surface area contributed by atoms with Gasteiger partial charge in [0.25, 0.3) is 5.91 Å². The van der Waals surface area contributed by atoms with Gasteiger partial charge in [-0.25, -0.2) is 22.9 Å². The summed E-state index contributed by atoms with van der Waals surface area (Å²) in [6.07, 6.45) is 4.64. The lowest BCUT2D eigenvalue weighted by Gasteiger charge is -2.36. The molecule has 3 atom stereocenters. The molecule has 3 aromatic rings. The number of alkyl carbamates (subject to hydrolysis) is 1. The quantitative estimate of drug-likeness (QED) is 0.284. The van der Waals surface area contributed by atoms with Gasteiger partial charge in [0, 0.05) is 18.3 Å². The van der Waals surface area contributed by atoms with Crippen molar-refractivity contribution in [2.24, 2.45) is 5.92 Å². The Kier molecular flexibility index (Phi) is 8.78. The molecule has 1 saturated carbocycles. The van der Waals surface area contributed by atoms with Gasteiger partial charge in [-0.2, -0.15) is 0 Å². The molecule has 240 valence electrons. The summed E-state index contributed by atoms with van der Waals surface area (Å²) in [6.45, 7) is 7.16. The Morgan fingerprint density at radius 1 is 1.09 bits per heavy atom. The van der Waals surface area contributed by atoms with Crippen molar-refractivity contribution in [3.63, 3.8) is 0 Å². The molecule has 2 amide bonds. The minimum atomic E-state index is -1.55. The van der Waals surface area contributed by atoms with Crippen LogP contribution in [0, 0.1) is 23.4 Å². The standard InChI is InChI=1S/C32H36F3N5O5/c1-16-7-17(9-19(8-16)38-30(42)45-31(2,3)4)20-5-6-37-13-25(20)39-29(41)28-24(36)12-23(35)27(40-28)26-21(33)10-18(11-22(26)34)32(43)14-44-15-32/h5-6,10-13,16-17,19,43H,7-9,14-15,36H2,1-4H3,(H,38,42)(H,39,41). The Morgan fingerprint density at radius 3 is 2.40 bits per heavy atom. The van der Waals surface area contributed by atoms with E-state index in [0.717, 1.165) is 36.6 Å². The molecular weight excluding hydrogens is 591 g/mol. The molecule has 2 aliphatic rings. The largest absolute Gasteiger partial charge is 0.444 e. The number of amides is 2. The van der Waals surface area contributed by atoms with Crippen molar-refractivity contribution in [2.45, 2.75) is 70.1 Å². The summed E-state index contributed by atoms with van der Waals surface area (Å²) in [5.41, 5.74) is 2.44. The second kappa shape index (κ2) is 12.3. The number of anilines is 2. The molecule has 0 spiro atoms. The second-order valence-electron chi connectivity index (χ2n) is 12.9. The number of benzene rings is 1. The van der Waals surface area contributed by atoms with Crippen LogP contribution in [0.3, 0.4) is 0 Å². The first-order valence-electron chi connectivity index (χ1n) is 14.6. The van der Waals surface area contributed by atoms with Crippen molar-refractivity contribution in [1.29, 1.82) is 0 Å². The molecule has 2 fully saturated rings. The Hall–Kier alpha value is -4.23. The number of nitrogens with zero attached hydrogens (tertiary/aromatic N) is 2. The van der Waals surface area contributed by atoms with Gasteiger partial charge in [0.05, 0.1) is 36.3 Å². The monoisotopic (exact) mass is 627 g/mol. The van der Waals surface area contributed by atoms with E-state index < -0.39 is 57.6 Å². The molecule has 45 heavy (non-hydrogen) atoms. The summed E-state index contributed by atoms with van der Waals surface area (Å²) in [7, 11) is 0. The number of carbonyl (C=O) groups is 2. The van der Waals surface area contributed by atoms with E-state index in [1.54, 1.807) is 33.0 Å². The molecule has 5 N–H and O–H groups in total. The zero-order valence-electron chi connectivity index (χ0n) is 25.4. The molecule has 3 unspecified atom stereocenters. The molecule has 1 aliphatic carbocycles. The molecule has 5 rings (SSSR count). The highest BCUT2D eigenvalue weighted by Crippen LogP contribution is 2.40. The highest BCUT2D eigenvalue weighted by atomic mass is 19.1. The van der Waals surface area contributed by atoms with E-state index in [1.807, 2.05) is 0 Å². The first-order chi connectivity index (χ1) is 21.1. The van der Waals surface area contributed by atoms with E-state index in [2.05, 4.69) is 27.5 Å². The van der Waals surface area contributed by atoms with Crippen molar-refractivity contribution in [3.05, 3.63) is 70.9 Å². The Balaban J connectivity index is 1.39. The predicted octanol–water partition coefficient (Wildman–Crippen LogP) is 5.41. The fourth-order valence-electron chi connectivity index (χ4n) is 5.89. The maximum atomic E-state index is 15.2. The van der Waals surface area contributed by atoms with Crippen molar-refractivity contribution < 1.29 is 37.3 Å². The van der Waals surface area contributed by atoms with Crippen molar-refractivity contribution >= 4 is 23.4 Å². The van der Waals surface area contributed by atoms with E-state index >= 15 is 13.2 Å². The number of ether oxygens (including phenoxy) is 2. The van der Waals surface area contributed by atoms with Gasteiger partial charge < -0.3 is 30.9 Å². The van der Waals surface area contributed by atoms with Crippen molar-refractivity contribution in [3.8, 4) is 11.3 Å². The van der Waals surface area contributed by atoms with Crippen LogP contribution in [-0.2, 0) is 15.1 Å². The summed E-state index contributed by atoms with van der Waals surface area (Å²) in [5.74, 6) is -4.16. The Bertz CT molecular complexity index is 1600. The van der Waals surface area contributed by atoms with Crippen LogP contribution < -0.4 is 16.4 Å². The summed E-state index contributed by atoms with van der Waals surface area (Å²) in [6, 6.07) is 4.14. The number of pyridine rings is 2. The van der Waals surface area contributed by atoms with E-state index in [9.17, 15) is 14.7 Å². The van der Waals surface area contributed by atoms with Gasteiger partial charge in [-0.05, 0) is 81.2 Å². The van der Waals surface area contributed by atoms with Gasteiger partial charge in [0.2, 0.25) is 0 Å². The Morgan fingerprint density at radius 2 is 1.78 bits per heavy atom. The fraction of sp³-hybridized carbons (Fsp3) is 0.438. The van der Waals surface area contributed by atoms with Crippen LogP contribution >= 0.6 is 0 Å². The first-order valence-corrected chi connectivity index (χ1v) is 14.6. The molecule has 1 saturated heterocycles. The topological polar surface area (TPSA) is 149 Å². The average molecular weight is 628 g/mol. The molecule has 0 bridgehead atoms. The zero-order chi connectivity index (χ0) is 32.7. The van der Waals surface area contributed by atoms with Crippen LogP contribution in [0.4, 0.5) is 29.3 Å². The SMILES string of the molecule is CC1CC(NC(=O)OC(C)(C)C)CC(c2ccncc2NC(=O)c2nc(-c3c(F)cc(C4(O)COC4)cc3F)c(F)cc2N)C1. The number of nitrogen functional groups attached to an aromatic ring is 1. The number of carbonyl (C=O) groups excluding carboxylic acids is 2. The van der Waals surface area contributed by atoms with E-state index in [4.69, 9.17) is 15.2 Å². The maximum Gasteiger partial charge on any atom is 0.407 e. The number of aromatic nitrogens is 2. The molecule has 3 heterocycles. The van der Waals surface area contributed by atoms with E-state index in [-0.39, 0.29) is 42.3 Å². The average Bonchev–Trinajstić information content (AvgIpc) is 2.91. The molecule has 1 aliphatic heterocycles. The number of aliphatic hydroxyl groups is 1. The van der Waals surface area contributed by atoms with Crippen LogP contribution in [0.25, 0.3) is 11.3 Å². The molecule has 10 nitrogen and oxygen atoms in total. The highest BCUT2D eigenvalue weighted by molar-refractivity contribution is 6.07. The van der Waals surface area contributed by atoms with Crippen LogP contribution in [0.15, 0.2) is 36.7 Å². The smallest absolute Gasteiger partial charge is 0.407 e. The number of nitrogens with one attached hydrogen (secondary N) is 2. The number of hydrogen-bond donors (Lipinski definition) is 4. The van der Waals surface area contributed by atoms with Gasteiger partial charge in [-0.15, -0.1) is 0 Å². The lowest BCUT2D eigenvalue weighted by Crippen LogP contribution is -2.46. The molecule has 1 aromatic carbocycles. The van der Waals surface area contributed by atoms with Crippen LogP contribution in [0.1, 0.15) is 74.5 Å². The molecule has 13 heteroatoms. The predicted molar refractivity (Wildman–Crippen MR) is 160 cm³/mol. The van der Waals surface area contributed by atoms with E-state index in [0.29, 0.717) is 12.1 Å². The van der Waals surface area contributed by atoms with Crippen LogP contribution in [0.5, 0.6) is 0 Å². The summed E-state index contributed by atoms with van der Waals surface area (Å²) < 4.78 is 55.7. The summed E-state index contributed by atoms with van der Waals surface area (Å²) in [4.78, 5) is 34.0. The van der Waals surface area contributed by atoms with E-state index in [1.165, 1.54) is 6.20 Å². The summed E-state index contributed by atoms with van der Waals surface area (Å²) in [5, 5.41) is 16.1. The number of rotatable bonds is 6. The van der Waals surface area contributed by atoms with Gasteiger partial charge in [0.15, 0.2) is 11.5 Å². The number of halogens is 3. The van der Waals surface area contributed by atoms with Gasteiger partial charge >= 0.3 is 6.09 Å². The third-order valence-corrected chi connectivity index (χ3v) is 7.93. The van der Waals surface area contributed by atoms with Gasteiger partial charge in [0.1, 0.15) is 28.5 Å². The number of hydrogen-bond acceptors (Lipinski definition) is 8. The zero-order valence-corrected chi connectivity index (χ0v) is 25.4. The minimum Gasteiger partial charge on any atom is -0.444 e. The highest BCUT2D eigenvalue weighted by Gasteiger charge is 2.39. The lowest BCUT2D eigenvalue weighted by molar-refractivity contribution is -0.184.